The van der Waals surface area contributed by atoms with Gasteiger partial charge < -0.3 is 35.0 Å². The number of hydrogen-bond acceptors (Lipinski definition) is 7. The lowest BCUT2D eigenvalue weighted by Gasteiger charge is -2.26. The highest BCUT2D eigenvalue weighted by molar-refractivity contribution is 4.87. The minimum Gasteiger partial charge on any atom is -0.394 e. The number of epoxide rings is 1. The lowest BCUT2D eigenvalue weighted by atomic mass is 10.0. The molecule has 0 saturated carbocycles. The van der Waals surface area contributed by atoms with Gasteiger partial charge in [0.1, 0.15) is 30.5 Å². The van der Waals surface area contributed by atoms with E-state index in [1.807, 2.05) is 0 Å². The van der Waals surface area contributed by atoms with E-state index in [1.54, 1.807) is 6.08 Å². The Morgan fingerprint density at radius 1 is 1.21 bits per heavy atom. The molecule has 0 bridgehead atoms. The van der Waals surface area contributed by atoms with Crippen LogP contribution in [0.15, 0.2) is 12.7 Å². The molecule has 7 heteroatoms. The maximum Gasteiger partial charge on any atom is 0.111 e. The number of rotatable bonds is 10. The van der Waals surface area contributed by atoms with Crippen molar-refractivity contribution in [1.82, 2.24) is 0 Å². The Morgan fingerprint density at radius 3 is 2.26 bits per heavy atom. The maximum atomic E-state index is 9.66. The molecule has 0 amide bonds. The molecule has 0 spiro atoms. The summed E-state index contributed by atoms with van der Waals surface area (Å²) in [6, 6.07) is 0. The number of ether oxygens (including phenoxy) is 2. The first-order valence-corrected chi connectivity index (χ1v) is 6.18. The molecule has 1 saturated heterocycles. The third kappa shape index (κ3) is 5.15. The Hall–Kier alpha value is -0.540. The van der Waals surface area contributed by atoms with Crippen LogP contribution in [-0.4, -0.2) is 82.0 Å². The van der Waals surface area contributed by atoms with E-state index < -0.39 is 31.0 Å². The third-order valence-electron chi connectivity index (χ3n) is 2.98. The summed E-state index contributed by atoms with van der Waals surface area (Å²) < 4.78 is 10.5. The van der Waals surface area contributed by atoms with E-state index in [-0.39, 0.29) is 18.8 Å². The average Bonchev–Trinajstić information content (AvgIpc) is 3.24. The number of aliphatic hydroxyl groups is 5. The van der Waals surface area contributed by atoms with Crippen LogP contribution in [0.25, 0.3) is 0 Å². The molecule has 1 heterocycles. The molecule has 2 unspecified atom stereocenters. The van der Waals surface area contributed by atoms with Crippen molar-refractivity contribution in [3.8, 4) is 0 Å². The molecular weight excluding hydrogens is 256 g/mol. The van der Waals surface area contributed by atoms with Crippen LogP contribution in [0.4, 0.5) is 0 Å². The average molecular weight is 278 g/mol. The normalized spacial score (nSPS) is 26.3. The standard InChI is InChI=1S/C12H22O7/c1-2-3-9(10-6-19-10)18-5-8(15)12(17)11(16)7(14)4-13/h2,7-17H,1,3-6H2/t7-,8+,9?,10?,11-,12-/m1/s1. The van der Waals surface area contributed by atoms with Crippen LogP contribution in [0.2, 0.25) is 0 Å². The Labute approximate surface area is 111 Å². The topological polar surface area (TPSA) is 123 Å². The van der Waals surface area contributed by atoms with E-state index in [1.165, 1.54) is 0 Å². The summed E-state index contributed by atoms with van der Waals surface area (Å²) in [7, 11) is 0. The second-order valence-electron chi connectivity index (χ2n) is 4.57. The first-order valence-electron chi connectivity index (χ1n) is 6.18. The molecule has 0 aromatic heterocycles. The summed E-state index contributed by atoms with van der Waals surface area (Å²) in [6.45, 7) is 3.25. The van der Waals surface area contributed by atoms with Crippen LogP contribution in [0, 0.1) is 0 Å². The number of aliphatic hydroxyl groups excluding tert-OH is 5. The lowest BCUT2D eigenvalue weighted by molar-refractivity contribution is -0.135. The van der Waals surface area contributed by atoms with Gasteiger partial charge in [0, 0.05) is 0 Å². The minimum atomic E-state index is -1.64. The Bertz CT molecular complexity index is 269. The van der Waals surface area contributed by atoms with Crippen molar-refractivity contribution in [3.63, 3.8) is 0 Å². The fourth-order valence-electron chi connectivity index (χ4n) is 1.65. The summed E-state index contributed by atoms with van der Waals surface area (Å²) in [5, 5.41) is 46.5. The molecular formula is C12H22O7. The highest BCUT2D eigenvalue weighted by atomic mass is 16.6. The predicted molar refractivity (Wildman–Crippen MR) is 65.4 cm³/mol. The van der Waals surface area contributed by atoms with Crippen molar-refractivity contribution in [3.05, 3.63) is 12.7 Å². The predicted octanol–water partition coefficient (Wildman–Crippen LogP) is -2.22. The van der Waals surface area contributed by atoms with Crippen LogP contribution in [0.5, 0.6) is 0 Å². The molecule has 112 valence electrons. The Morgan fingerprint density at radius 2 is 1.79 bits per heavy atom. The van der Waals surface area contributed by atoms with Gasteiger partial charge in [-0.1, -0.05) is 6.08 Å². The first-order chi connectivity index (χ1) is 9.01. The highest BCUT2D eigenvalue weighted by Gasteiger charge is 2.35. The van der Waals surface area contributed by atoms with E-state index in [0.29, 0.717) is 13.0 Å². The molecule has 0 aromatic rings. The van der Waals surface area contributed by atoms with Gasteiger partial charge in [-0.3, -0.25) is 0 Å². The summed E-state index contributed by atoms with van der Waals surface area (Å²) in [5.74, 6) is 0. The van der Waals surface area contributed by atoms with Gasteiger partial charge in [0.15, 0.2) is 0 Å². The zero-order chi connectivity index (χ0) is 14.4. The molecule has 7 nitrogen and oxygen atoms in total. The molecule has 0 radical (unpaired) electrons. The van der Waals surface area contributed by atoms with Gasteiger partial charge in [0.2, 0.25) is 0 Å². The van der Waals surface area contributed by atoms with Crippen molar-refractivity contribution < 1.29 is 35.0 Å². The van der Waals surface area contributed by atoms with Gasteiger partial charge in [-0.05, 0) is 6.42 Å². The zero-order valence-corrected chi connectivity index (χ0v) is 10.6. The van der Waals surface area contributed by atoms with Crippen LogP contribution in [0.3, 0.4) is 0 Å². The van der Waals surface area contributed by atoms with Crippen molar-refractivity contribution in [2.75, 3.05) is 19.8 Å². The summed E-state index contributed by atoms with van der Waals surface area (Å²) in [4.78, 5) is 0. The molecule has 6 atom stereocenters. The van der Waals surface area contributed by atoms with Gasteiger partial charge in [-0.25, -0.2) is 0 Å². The van der Waals surface area contributed by atoms with Crippen LogP contribution in [-0.2, 0) is 9.47 Å². The maximum absolute atomic E-state index is 9.66. The van der Waals surface area contributed by atoms with E-state index >= 15 is 0 Å². The quantitative estimate of drug-likeness (QED) is 0.227. The first kappa shape index (κ1) is 16.5. The van der Waals surface area contributed by atoms with Gasteiger partial charge in [0.05, 0.1) is 25.9 Å². The molecule has 1 rings (SSSR count). The highest BCUT2D eigenvalue weighted by Crippen LogP contribution is 2.20. The fraction of sp³-hybridized carbons (Fsp3) is 0.833. The molecule has 0 aliphatic carbocycles. The summed E-state index contributed by atoms with van der Waals surface area (Å²) in [6.07, 6.45) is -4.20. The van der Waals surface area contributed by atoms with Crippen molar-refractivity contribution in [2.24, 2.45) is 0 Å². The van der Waals surface area contributed by atoms with Gasteiger partial charge in [-0.2, -0.15) is 0 Å². The number of hydrogen-bond donors (Lipinski definition) is 5. The van der Waals surface area contributed by atoms with E-state index in [2.05, 4.69) is 6.58 Å². The van der Waals surface area contributed by atoms with Crippen molar-refractivity contribution in [1.29, 1.82) is 0 Å². The van der Waals surface area contributed by atoms with Gasteiger partial charge in [-0.15, -0.1) is 6.58 Å². The summed E-state index contributed by atoms with van der Waals surface area (Å²) >= 11 is 0. The van der Waals surface area contributed by atoms with Crippen LogP contribution in [0.1, 0.15) is 6.42 Å². The van der Waals surface area contributed by atoms with E-state index in [0.717, 1.165) is 0 Å². The van der Waals surface area contributed by atoms with Crippen molar-refractivity contribution >= 4 is 0 Å². The zero-order valence-electron chi connectivity index (χ0n) is 10.6. The Balaban J connectivity index is 2.35. The van der Waals surface area contributed by atoms with Crippen LogP contribution >= 0.6 is 0 Å². The monoisotopic (exact) mass is 278 g/mol. The molecule has 5 N–H and O–H groups in total. The van der Waals surface area contributed by atoms with Gasteiger partial charge in [0.25, 0.3) is 0 Å². The minimum absolute atomic E-state index is 0.0321. The largest absolute Gasteiger partial charge is 0.394 e. The van der Waals surface area contributed by atoms with Crippen molar-refractivity contribution in [2.45, 2.75) is 43.0 Å². The SMILES string of the molecule is C=CCC(OC[C@H](O)[C@@H](O)[C@H](O)[C@H](O)CO)C1CO1. The second kappa shape index (κ2) is 7.91. The second-order valence-corrected chi connectivity index (χ2v) is 4.57. The molecule has 1 fully saturated rings. The van der Waals surface area contributed by atoms with Gasteiger partial charge >= 0.3 is 0 Å². The molecule has 19 heavy (non-hydrogen) atoms. The van der Waals surface area contributed by atoms with E-state index in [4.69, 9.17) is 19.7 Å². The third-order valence-corrected chi connectivity index (χ3v) is 2.98. The van der Waals surface area contributed by atoms with Crippen LogP contribution < -0.4 is 0 Å². The molecule has 0 aromatic carbocycles. The smallest absolute Gasteiger partial charge is 0.111 e. The molecule has 1 aliphatic rings. The van der Waals surface area contributed by atoms with E-state index in [9.17, 15) is 15.3 Å². The molecule has 1 aliphatic heterocycles. The lowest BCUT2D eigenvalue weighted by Crippen LogP contribution is -2.47. The Kier molecular flexibility index (Phi) is 6.87. The fourth-order valence-corrected chi connectivity index (χ4v) is 1.65. The summed E-state index contributed by atoms with van der Waals surface area (Å²) in [5.41, 5.74) is 0.